The molecular weight excluding hydrogens is 438 g/mol. The molecule has 6 nitrogen and oxygen atoms in total. The van der Waals surface area contributed by atoms with E-state index >= 15 is 4.39 Å². The molecule has 2 aromatic heterocycles. The largest absolute Gasteiger partial charge is 0.508 e. The van der Waals surface area contributed by atoms with E-state index < -0.39 is 11.4 Å². The summed E-state index contributed by atoms with van der Waals surface area (Å²) in [6.07, 6.45) is 3.39. The number of fused-ring (bicyclic) bond motifs is 2. The molecule has 1 aliphatic heterocycles. The third-order valence-electron chi connectivity index (χ3n) is 6.51. The van der Waals surface area contributed by atoms with Gasteiger partial charge in [-0.1, -0.05) is 13.0 Å². The molecule has 176 valence electrons. The Balaban J connectivity index is 1.76. The molecular formula is C26H26F2N4O2. The van der Waals surface area contributed by atoms with Crippen LogP contribution in [0.2, 0.25) is 0 Å². The zero-order valence-corrected chi connectivity index (χ0v) is 19.4. The zero-order valence-electron chi connectivity index (χ0n) is 19.4. The second kappa shape index (κ2) is 8.13. The third-order valence-corrected chi connectivity index (χ3v) is 6.51. The minimum absolute atomic E-state index is 0.0107. The summed E-state index contributed by atoms with van der Waals surface area (Å²) >= 11 is 0. The molecule has 5 rings (SSSR count). The van der Waals surface area contributed by atoms with E-state index in [1.54, 1.807) is 19.9 Å². The fourth-order valence-corrected chi connectivity index (χ4v) is 5.01. The number of nitrogens with zero attached hydrogens (tertiary/aromatic N) is 4. The molecule has 0 saturated carbocycles. The fraction of sp³-hybridized carbons (Fsp3) is 0.346. The van der Waals surface area contributed by atoms with Crippen molar-refractivity contribution in [3.8, 4) is 17.0 Å². The molecule has 4 aromatic rings. The lowest BCUT2D eigenvalue weighted by Gasteiger charge is -2.38. The highest BCUT2D eigenvalue weighted by Crippen LogP contribution is 2.39. The van der Waals surface area contributed by atoms with E-state index in [9.17, 15) is 14.6 Å². The van der Waals surface area contributed by atoms with Crippen LogP contribution in [-0.4, -0.2) is 43.9 Å². The number of pyridine rings is 1. The lowest BCUT2D eigenvalue weighted by atomic mass is 9.94. The van der Waals surface area contributed by atoms with Crippen molar-refractivity contribution in [2.75, 3.05) is 18.0 Å². The number of hydrogen-bond donors (Lipinski definition) is 2. The molecule has 8 heteroatoms. The first-order valence-corrected chi connectivity index (χ1v) is 11.4. The molecule has 34 heavy (non-hydrogen) atoms. The lowest BCUT2D eigenvalue weighted by Crippen LogP contribution is -2.46. The van der Waals surface area contributed by atoms with Gasteiger partial charge in [0, 0.05) is 24.8 Å². The predicted molar refractivity (Wildman–Crippen MR) is 128 cm³/mol. The van der Waals surface area contributed by atoms with Crippen molar-refractivity contribution in [3.63, 3.8) is 0 Å². The van der Waals surface area contributed by atoms with Crippen molar-refractivity contribution in [2.24, 2.45) is 0 Å². The van der Waals surface area contributed by atoms with Crippen molar-refractivity contribution < 1.29 is 19.0 Å². The Morgan fingerprint density at radius 3 is 2.71 bits per heavy atom. The maximum absolute atomic E-state index is 16.0. The van der Waals surface area contributed by atoms with Gasteiger partial charge in [0.25, 0.3) is 0 Å². The van der Waals surface area contributed by atoms with E-state index in [0.29, 0.717) is 64.9 Å². The number of phenolic OH excluding ortho intramolecular Hbond substituents is 1. The van der Waals surface area contributed by atoms with Gasteiger partial charge in [-0.15, -0.1) is 0 Å². The van der Waals surface area contributed by atoms with Gasteiger partial charge >= 0.3 is 0 Å². The second-order valence-electron chi connectivity index (χ2n) is 9.27. The average molecular weight is 465 g/mol. The number of aromatic hydroxyl groups is 1. The first-order valence-electron chi connectivity index (χ1n) is 11.4. The number of phenols is 1. The number of anilines is 1. The second-order valence-corrected chi connectivity index (χ2v) is 9.27. The summed E-state index contributed by atoms with van der Waals surface area (Å²) in [6, 6.07) is 5.86. The van der Waals surface area contributed by atoms with E-state index in [-0.39, 0.29) is 22.8 Å². The van der Waals surface area contributed by atoms with Crippen molar-refractivity contribution in [3.05, 3.63) is 53.5 Å². The molecule has 3 heterocycles. The Bertz CT molecular complexity index is 1440. The monoisotopic (exact) mass is 464 g/mol. The number of rotatable bonds is 3. The number of aliphatic hydroxyl groups is 1. The number of hydrogen-bond acceptors (Lipinski definition) is 6. The van der Waals surface area contributed by atoms with Gasteiger partial charge in [-0.3, -0.25) is 4.98 Å². The van der Waals surface area contributed by atoms with Crippen LogP contribution < -0.4 is 4.90 Å². The van der Waals surface area contributed by atoms with Crippen LogP contribution >= 0.6 is 0 Å². The standard InChI is InChI=1S/C26H26F2N4O2/c1-4-17-20(27)7-6-15-10-16(33)11-18(21(15)17)23-22(28)24-19(12-29-23)25(31-14(2)30-24)32-9-5-8-26(3,34)13-32/h6-7,10-12,33-34H,4-5,8-9,13H2,1-3H3. The van der Waals surface area contributed by atoms with Crippen LogP contribution in [0, 0.1) is 18.6 Å². The average Bonchev–Trinajstić information content (AvgIpc) is 2.78. The quantitative estimate of drug-likeness (QED) is 0.442. The van der Waals surface area contributed by atoms with Gasteiger partial charge in [-0.25, -0.2) is 18.7 Å². The summed E-state index contributed by atoms with van der Waals surface area (Å²) in [5.74, 6) is -0.189. The van der Waals surface area contributed by atoms with Gasteiger partial charge in [0.05, 0.1) is 11.0 Å². The number of β-amino-alcohol motifs (C(OH)–C–C–N with tert-alkyl or cyclic N) is 1. The fourth-order valence-electron chi connectivity index (χ4n) is 5.01. The Labute approximate surface area is 195 Å². The topological polar surface area (TPSA) is 82.4 Å². The number of benzene rings is 2. The third kappa shape index (κ3) is 3.72. The molecule has 1 atom stereocenters. The molecule has 0 aliphatic carbocycles. The summed E-state index contributed by atoms with van der Waals surface area (Å²) in [7, 11) is 0. The van der Waals surface area contributed by atoms with Crippen molar-refractivity contribution >= 4 is 27.5 Å². The van der Waals surface area contributed by atoms with E-state index in [1.807, 2.05) is 11.8 Å². The van der Waals surface area contributed by atoms with E-state index in [0.717, 1.165) is 6.42 Å². The molecule has 0 bridgehead atoms. The molecule has 2 aromatic carbocycles. The van der Waals surface area contributed by atoms with Crippen molar-refractivity contribution in [1.29, 1.82) is 0 Å². The van der Waals surface area contributed by atoms with Crippen molar-refractivity contribution in [1.82, 2.24) is 15.0 Å². The van der Waals surface area contributed by atoms with Crippen molar-refractivity contribution in [2.45, 2.75) is 45.6 Å². The van der Waals surface area contributed by atoms with Crippen LogP contribution in [0.15, 0.2) is 30.5 Å². The SMILES string of the molecule is CCc1c(F)ccc2cc(O)cc(-c3ncc4c(N5CCCC(C)(O)C5)nc(C)nc4c3F)c12. The van der Waals surface area contributed by atoms with Crippen LogP contribution in [0.25, 0.3) is 32.9 Å². The minimum atomic E-state index is -0.865. The molecule has 0 spiro atoms. The van der Waals surface area contributed by atoms with Gasteiger partial charge in [0.1, 0.15) is 34.4 Å². The van der Waals surface area contributed by atoms with Gasteiger partial charge < -0.3 is 15.1 Å². The molecule has 1 saturated heterocycles. The normalized spacial score (nSPS) is 18.7. The Kier molecular flexibility index (Phi) is 5.36. The summed E-state index contributed by atoms with van der Waals surface area (Å²) in [5, 5.41) is 22.4. The molecule has 2 N–H and O–H groups in total. The Morgan fingerprint density at radius 1 is 1.18 bits per heavy atom. The summed E-state index contributed by atoms with van der Waals surface area (Å²) in [4.78, 5) is 15.3. The smallest absolute Gasteiger partial charge is 0.175 e. The highest BCUT2D eigenvalue weighted by atomic mass is 19.1. The van der Waals surface area contributed by atoms with Crippen LogP contribution in [0.3, 0.4) is 0 Å². The highest BCUT2D eigenvalue weighted by molar-refractivity contribution is 6.01. The number of piperidine rings is 1. The van der Waals surface area contributed by atoms with E-state index in [4.69, 9.17) is 0 Å². The predicted octanol–water partition coefficient (Wildman–Crippen LogP) is 5.05. The molecule has 1 unspecified atom stereocenters. The summed E-state index contributed by atoms with van der Waals surface area (Å²) in [6.45, 7) is 6.36. The Hall–Kier alpha value is -3.39. The zero-order chi connectivity index (χ0) is 24.2. The number of halogens is 2. The summed E-state index contributed by atoms with van der Waals surface area (Å²) < 4.78 is 30.7. The lowest BCUT2D eigenvalue weighted by molar-refractivity contribution is 0.0448. The van der Waals surface area contributed by atoms with Gasteiger partial charge in [0.15, 0.2) is 5.82 Å². The van der Waals surface area contributed by atoms with E-state index in [1.165, 1.54) is 24.4 Å². The number of aryl methyl sites for hydroxylation is 2. The molecule has 1 aliphatic rings. The van der Waals surface area contributed by atoms with Crippen LogP contribution in [-0.2, 0) is 6.42 Å². The van der Waals surface area contributed by atoms with Crippen LogP contribution in [0.1, 0.15) is 38.1 Å². The Morgan fingerprint density at radius 2 is 1.97 bits per heavy atom. The van der Waals surface area contributed by atoms with Gasteiger partial charge in [0.2, 0.25) is 0 Å². The summed E-state index contributed by atoms with van der Waals surface area (Å²) in [5.41, 5.74) is -0.0309. The van der Waals surface area contributed by atoms with Gasteiger partial charge in [-0.2, -0.15) is 0 Å². The maximum Gasteiger partial charge on any atom is 0.175 e. The maximum atomic E-state index is 16.0. The highest BCUT2D eigenvalue weighted by Gasteiger charge is 2.31. The molecule has 0 radical (unpaired) electrons. The molecule has 0 amide bonds. The number of aromatic nitrogens is 3. The van der Waals surface area contributed by atoms with Gasteiger partial charge in [-0.05, 0) is 67.6 Å². The minimum Gasteiger partial charge on any atom is -0.508 e. The first kappa shape index (κ1) is 22.4. The van der Waals surface area contributed by atoms with Crippen LogP contribution in [0.4, 0.5) is 14.6 Å². The van der Waals surface area contributed by atoms with Crippen LogP contribution in [0.5, 0.6) is 5.75 Å². The molecule has 1 fully saturated rings. The first-order chi connectivity index (χ1) is 16.2. The van der Waals surface area contributed by atoms with E-state index in [2.05, 4.69) is 15.0 Å².